The smallest absolute Gasteiger partial charge is 0.353 e. The molecule has 1 aliphatic rings. The molecule has 0 aromatic rings. The van der Waals surface area contributed by atoms with Gasteiger partial charge in [0, 0.05) is 19.0 Å². The van der Waals surface area contributed by atoms with E-state index in [4.69, 9.17) is 0 Å². The highest BCUT2D eigenvalue weighted by Gasteiger charge is 2.45. The van der Waals surface area contributed by atoms with Crippen LogP contribution in [0.4, 0.5) is 13.2 Å². The molecule has 1 amide bonds. The Balaban J connectivity index is 2.42. The summed E-state index contributed by atoms with van der Waals surface area (Å²) in [5, 5.41) is 2.59. The van der Waals surface area contributed by atoms with E-state index in [9.17, 15) is 18.0 Å². The Hall–Kier alpha value is -0.780. The number of nitrogens with zero attached hydrogens (tertiary/aromatic N) is 1. The zero-order valence-corrected chi connectivity index (χ0v) is 12.3. The second kappa shape index (κ2) is 7.86. The lowest BCUT2D eigenvalue weighted by atomic mass is 9.84. The van der Waals surface area contributed by atoms with Crippen molar-refractivity contribution < 1.29 is 18.0 Å². The number of halogens is 3. The van der Waals surface area contributed by atoms with E-state index in [-0.39, 0.29) is 18.7 Å². The molecule has 20 heavy (non-hydrogen) atoms. The van der Waals surface area contributed by atoms with Crippen LogP contribution in [0.3, 0.4) is 0 Å². The zero-order valence-electron chi connectivity index (χ0n) is 12.3. The molecule has 0 heterocycles. The molecule has 1 aliphatic carbocycles. The summed E-state index contributed by atoms with van der Waals surface area (Å²) in [5.41, 5.74) is 0. The van der Waals surface area contributed by atoms with Gasteiger partial charge in [0.25, 0.3) is 0 Å². The van der Waals surface area contributed by atoms with Crippen molar-refractivity contribution in [2.45, 2.75) is 57.7 Å². The fourth-order valence-corrected chi connectivity index (χ4v) is 2.76. The van der Waals surface area contributed by atoms with Crippen molar-refractivity contribution in [2.24, 2.45) is 5.92 Å². The first-order valence-corrected chi connectivity index (χ1v) is 7.39. The molecular formula is C14H25F3N2O. The van der Waals surface area contributed by atoms with Gasteiger partial charge in [0.05, 0.1) is 5.92 Å². The molecule has 1 N–H and O–H groups in total. The third kappa shape index (κ3) is 5.69. The third-order valence-corrected chi connectivity index (χ3v) is 3.86. The van der Waals surface area contributed by atoms with Gasteiger partial charge in [-0.15, -0.1) is 0 Å². The van der Waals surface area contributed by atoms with Crippen LogP contribution in [0.25, 0.3) is 0 Å². The maximum atomic E-state index is 12.9. The Bertz CT molecular complexity index is 307. The molecule has 0 radical (unpaired) electrons. The number of hydrogen-bond acceptors (Lipinski definition) is 2. The van der Waals surface area contributed by atoms with Crippen molar-refractivity contribution in [3.63, 3.8) is 0 Å². The van der Waals surface area contributed by atoms with Crippen LogP contribution < -0.4 is 5.32 Å². The number of rotatable bonds is 6. The lowest BCUT2D eigenvalue weighted by Gasteiger charge is -2.33. The predicted molar refractivity (Wildman–Crippen MR) is 72.3 cm³/mol. The minimum absolute atomic E-state index is 0.129. The van der Waals surface area contributed by atoms with Crippen LogP contribution in [0.2, 0.25) is 0 Å². The van der Waals surface area contributed by atoms with Crippen molar-refractivity contribution in [3.8, 4) is 0 Å². The Labute approximate surface area is 118 Å². The molecular weight excluding hydrogens is 269 g/mol. The van der Waals surface area contributed by atoms with Crippen molar-refractivity contribution in [2.75, 3.05) is 20.1 Å². The summed E-state index contributed by atoms with van der Waals surface area (Å²) < 4.78 is 38.7. The predicted octanol–water partition coefficient (Wildman–Crippen LogP) is 2.96. The van der Waals surface area contributed by atoms with Gasteiger partial charge in [0.15, 0.2) is 0 Å². The number of hydrogen-bond donors (Lipinski definition) is 1. The molecule has 0 aromatic heterocycles. The molecule has 1 fully saturated rings. The quantitative estimate of drug-likeness (QED) is 0.817. The molecule has 6 heteroatoms. The van der Waals surface area contributed by atoms with Gasteiger partial charge in [-0.3, -0.25) is 4.79 Å². The van der Waals surface area contributed by atoms with E-state index in [0.29, 0.717) is 19.4 Å². The number of alkyl halides is 3. The van der Waals surface area contributed by atoms with Crippen LogP contribution >= 0.6 is 0 Å². The summed E-state index contributed by atoms with van der Waals surface area (Å²) in [6.07, 6.45) is -1.04. The summed E-state index contributed by atoms with van der Waals surface area (Å²) in [7, 11) is 1.91. The van der Waals surface area contributed by atoms with Gasteiger partial charge < -0.3 is 10.2 Å². The molecule has 0 saturated heterocycles. The first kappa shape index (κ1) is 17.3. The molecule has 0 aliphatic heterocycles. The lowest BCUT2D eigenvalue weighted by molar-refractivity contribution is -0.189. The molecule has 0 bridgehead atoms. The fraction of sp³-hybridized carbons (Fsp3) is 0.929. The highest BCUT2D eigenvalue weighted by Crippen LogP contribution is 2.37. The normalized spacial score (nSPS) is 23.9. The van der Waals surface area contributed by atoms with Crippen LogP contribution in [0.15, 0.2) is 0 Å². The average molecular weight is 294 g/mol. The van der Waals surface area contributed by atoms with Gasteiger partial charge in [-0.05, 0) is 32.9 Å². The van der Waals surface area contributed by atoms with E-state index in [1.807, 2.05) is 18.9 Å². The zero-order chi connectivity index (χ0) is 15.2. The van der Waals surface area contributed by atoms with Crippen LogP contribution in [0.1, 0.15) is 45.4 Å². The summed E-state index contributed by atoms with van der Waals surface area (Å²) >= 11 is 0. The van der Waals surface area contributed by atoms with Gasteiger partial charge in [-0.1, -0.05) is 19.8 Å². The SMILES string of the molecule is CCCN(C)CCC(=O)NC1CCCCC1C(F)(F)F. The van der Waals surface area contributed by atoms with Gasteiger partial charge in [-0.2, -0.15) is 13.2 Å². The molecule has 118 valence electrons. The molecule has 0 aromatic carbocycles. The molecule has 2 unspecified atom stereocenters. The van der Waals surface area contributed by atoms with Crippen LogP contribution in [-0.2, 0) is 4.79 Å². The topological polar surface area (TPSA) is 32.3 Å². The third-order valence-electron chi connectivity index (χ3n) is 3.86. The first-order chi connectivity index (χ1) is 9.34. The number of carbonyl (C=O) groups is 1. The summed E-state index contributed by atoms with van der Waals surface area (Å²) in [6.45, 7) is 3.53. The second-order valence-corrected chi connectivity index (χ2v) is 5.66. The maximum absolute atomic E-state index is 12.9. The fourth-order valence-electron chi connectivity index (χ4n) is 2.76. The largest absolute Gasteiger partial charge is 0.393 e. The average Bonchev–Trinajstić information content (AvgIpc) is 2.36. The maximum Gasteiger partial charge on any atom is 0.393 e. The van der Waals surface area contributed by atoms with Crippen LogP contribution in [0.5, 0.6) is 0 Å². The highest BCUT2D eigenvalue weighted by molar-refractivity contribution is 5.76. The first-order valence-electron chi connectivity index (χ1n) is 7.39. The van der Waals surface area contributed by atoms with Crippen molar-refractivity contribution in [3.05, 3.63) is 0 Å². The molecule has 1 saturated carbocycles. The molecule has 1 rings (SSSR count). The standard InChI is InChI=1S/C14H25F3N2O/c1-3-9-19(2)10-8-13(20)18-12-7-5-4-6-11(12)14(15,16)17/h11-12H,3-10H2,1-2H3,(H,18,20). The summed E-state index contributed by atoms with van der Waals surface area (Å²) in [5.74, 6) is -1.65. The highest BCUT2D eigenvalue weighted by atomic mass is 19.4. The Morgan fingerprint density at radius 2 is 1.90 bits per heavy atom. The Kier molecular flexibility index (Phi) is 6.79. The monoisotopic (exact) mass is 294 g/mol. The lowest BCUT2D eigenvalue weighted by Crippen LogP contribution is -2.48. The van der Waals surface area contributed by atoms with Gasteiger partial charge in [-0.25, -0.2) is 0 Å². The Morgan fingerprint density at radius 1 is 1.25 bits per heavy atom. The van der Waals surface area contributed by atoms with E-state index in [1.165, 1.54) is 0 Å². The summed E-state index contributed by atoms with van der Waals surface area (Å²) in [4.78, 5) is 13.8. The second-order valence-electron chi connectivity index (χ2n) is 5.66. The van der Waals surface area contributed by atoms with Crippen molar-refractivity contribution >= 4 is 5.91 Å². The van der Waals surface area contributed by atoms with Crippen molar-refractivity contribution in [1.29, 1.82) is 0 Å². The van der Waals surface area contributed by atoms with E-state index in [0.717, 1.165) is 19.4 Å². The minimum Gasteiger partial charge on any atom is -0.353 e. The van der Waals surface area contributed by atoms with Crippen LogP contribution in [0, 0.1) is 5.92 Å². The van der Waals surface area contributed by atoms with E-state index in [2.05, 4.69) is 5.32 Å². The van der Waals surface area contributed by atoms with Crippen molar-refractivity contribution in [1.82, 2.24) is 10.2 Å². The Morgan fingerprint density at radius 3 is 2.50 bits per heavy atom. The number of amides is 1. The van der Waals surface area contributed by atoms with E-state index in [1.54, 1.807) is 0 Å². The van der Waals surface area contributed by atoms with Gasteiger partial charge >= 0.3 is 6.18 Å². The van der Waals surface area contributed by atoms with Crippen LogP contribution in [-0.4, -0.2) is 43.2 Å². The number of carbonyl (C=O) groups excluding carboxylic acids is 1. The minimum atomic E-state index is -4.21. The van der Waals surface area contributed by atoms with Gasteiger partial charge in [0.2, 0.25) is 5.91 Å². The van der Waals surface area contributed by atoms with E-state index >= 15 is 0 Å². The molecule has 2 atom stereocenters. The number of nitrogens with one attached hydrogen (secondary N) is 1. The molecule has 0 spiro atoms. The summed E-state index contributed by atoms with van der Waals surface area (Å²) in [6, 6.07) is -0.743. The van der Waals surface area contributed by atoms with E-state index < -0.39 is 18.1 Å². The molecule has 3 nitrogen and oxygen atoms in total. The van der Waals surface area contributed by atoms with Gasteiger partial charge in [0.1, 0.15) is 0 Å².